The molecular weight excluding hydrogens is 409 g/mol. The first-order chi connectivity index (χ1) is 14.3. The molecule has 2 aliphatic rings. The van der Waals surface area contributed by atoms with Crippen LogP contribution in [0.5, 0.6) is 0 Å². The van der Waals surface area contributed by atoms with Crippen molar-refractivity contribution in [2.45, 2.75) is 45.2 Å². The molecule has 2 aromatic rings. The standard InChI is InChI=1S/C21H23ClFN5O2/c1-12-9-13(2)25-21(24-12)27-7-5-14(6-8-27)26-18-11-19(29)28(20(18)30)15-3-4-17(23)16(22)10-15/h3-4,9-10,14,18,26H,5-8,11H2,1-2H3/t18-/m1/s1. The van der Waals surface area contributed by atoms with Gasteiger partial charge in [-0.05, 0) is 51.0 Å². The SMILES string of the molecule is Cc1cc(C)nc(N2CCC(N[C@@H]3CC(=O)N(c4ccc(F)c(Cl)c4)C3=O)CC2)n1. The maximum Gasteiger partial charge on any atom is 0.251 e. The molecule has 0 spiro atoms. The minimum atomic E-state index is -0.589. The van der Waals surface area contributed by atoms with Crippen LogP contribution in [0.1, 0.15) is 30.7 Å². The van der Waals surface area contributed by atoms with E-state index in [9.17, 15) is 14.0 Å². The molecule has 0 aliphatic carbocycles. The Bertz CT molecular complexity index is 973. The second-order valence-electron chi connectivity index (χ2n) is 7.80. The van der Waals surface area contributed by atoms with Crippen LogP contribution in [0, 0.1) is 19.7 Å². The van der Waals surface area contributed by atoms with E-state index in [1.54, 1.807) is 0 Å². The largest absolute Gasteiger partial charge is 0.341 e. The zero-order valence-electron chi connectivity index (χ0n) is 16.9. The lowest BCUT2D eigenvalue weighted by molar-refractivity contribution is -0.121. The molecule has 4 rings (SSSR count). The van der Waals surface area contributed by atoms with Gasteiger partial charge in [-0.3, -0.25) is 9.59 Å². The number of hydrogen-bond donors (Lipinski definition) is 1. The fraction of sp³-hybridized carbons (Fsp3) is 0.429. The van der Waals surface area contributed by atoms with Crippen LogP contribution in [0.15, 0.2) is 24.3 Å². The van der Waals surface area contributed by atoms with Gasteiger partial charge in [0, 0.05) is 30.5 Å². The second-order valence-corrected chi connectivity index (χ2v) is 8.21. The van der Waals surface area contributed by atoms with E-state index in [1.807, 2.05) is 19.9 Å². The summed E-state index contributed by atoms with van der Waals surface area (Å²) in [5, 5.41) is 3.21. The number of piperidine rings is 1. The van der Waals surface area contributed by atoms with Crippen molar-refractivity contribution in [2.75, 3.05) is 22.9 Å². The van der Waals surface area contributed by atoms with Gasteiger partial charge in [-0.2, -0.15) is 0 Å². The molecule has 1 atom stereocenters. The van der Waals surface area contributed by atoms with E-state index in [-0.39, 0.29) is 29.3 Å². The van der Waals surface area contributed by atoms with Crippen LogP contribution in [-0.4, -0.2) is 47.0 Å². The summed E-state index contributed by atoms with van der Waals surface area (Å²) in [6.45, 7) is 5.45. The molecule has 1 aromatic carbocycles. The van der Waals surface area contributed by atoms with Crippen molar-refractivity contribution < 1.29 is 14.0 Å². The molecule has 30 heavy (non-hydrogen) atoms. The van der Waals surface area contributed by atoms with Gasteiger partial charge in [0.05, 0.1) is 23.2 Å². The Kier molecular flexibility index (Phi) is 5.71. The summed E-state index contributed by atoms with van der Waals surface area (Å²) < 4.78 is 13.4. The zero-order valence-corrected chi connectivity index (χ0v) is 17.6. The normalized spacial score (nSPS) is 20.3. The summed E-state index contributed by atoms with van der Waals surface area (Å²) in [7, 11) is 0. The summed E-state index contributed by atoms with van der Waals surface area (Å²) in [4.78, 5) is 37.5. The van der Waals surface area contributed by atoms with Crippen molar-refractivity contribution in [1.82, 2.24) is 15.3 Å². The fourth-order valence-corrected chi connectivity index (χ4v) is 4.21. The lowest BCUT2D eigenvalue weighted by Gasteiger charge is -2.33. The summed E-state index contributed by atoms with van der Waals surface area (Å²) >= 11 is 5.81. The number of carbonyl (C=O) groups excluding carboxylic acids is 2. The lowest BCUT2D eigenvalue weighted by Crippen LogP contribution is -2.49. The fourth-order valence-electron chi connectivity index (χ4n) is 4.04. The van der Waals surface area contributed by atoms with Crippen molar-refractivity contribution in [1.29, 1.82) is 0 Å². The molecular formula is C21H23ClFN5O2. The highest BCUT2D eigenvalue weighted by Crippen LogP contribution is 2.28. The van der Waals surface area contributed by atoms with E-state index in [4.69, 9.17) is 11.6 Å². The average Bonchev–Trinajstić information content (AvgIpc) is 2.97. The number of aromatic nitrogens is 2. The van der Waals surface area contributed by atoms with E-state index in [0.29, 0.717) is 5.69 Å². The second kappa shape index (κ2) is 8.28. The van der Waals surface area contributed by atoms with E-state index in [2.05, 4.69) is 20.2 Å². The predicted octanol–water partition coefficient (Wildman–Crippen LogP) is 2.78. The molecule has 7 nitrogen and oxygen atoms in total. The van der Waals surface area contributed by atoms with Crippen LogP contribution in [-0.2, 0) is 9.59 Å². The Balaban J connectivity index is 1.38. The number of benzene rings is 1. The number of imide groups is 1. The minimum Gasteiger partial charge on any atom is -0.341 e. The van der Waals surface area contributed by atoms with Crippen molar-refractivity contribution in [2.24, 2.45) is 0 Å². The minimum absolute atomic E-state index is 0.0776. The predicted molar refractivity (Wildman–Crippen MR) is 112 cm³/mol. The first-order valence-electron chi connectivity index (χ1n) is 9.97. The summed E-state index contributed by atoms with van der Waals surface area (Å²) in [6.07, 6.45) is 1.71. The van der Waals surface area contributed by atoms with Crippen LogP contribution in [0.4, 0.5) is 16.0 Å². The highest BCUT2D eigenvalue weighted by Gasteiger charge is 2.41. The first-order valence-corrected chi connectivity index (χ1v) is 10.3. The molecule has 0 radical (unpaired) electrons. The number of rotatable bonds is 4. The van der Waals surface area contributed by atoms with E-state index in [1.165, 1.54) is 12.1 Å². The third-order valence-corrected chi connectivity index (χ3v) is 5.78. The van der Waals surface area contributed by atoms with Gasteiger partial charge >= 0.3 is 0 Å². The van der Waals surface area contributed by atoms with Gasteiger partial charge in [-0.1, -0.05) is 11.6 Å². The maximum atomic E-state index is 13.4. The number of nitrogens with zero attached hydrogens (tertiary/aromatic N) is 4. The molecule has 2 aliphatic heterocycles. The molecule has 2 amide bonds. The Hall–Kier alpha value is -2.58. The topological polar surface area (TPSA) is 78.4 Å². The molecule has 1 aromatic heterocycles. The Morgan fingerprint density at radius 1 is 1.10 bits per heavy atom. The maximum absolute atomic E-state index is 13.4. The van der Waals surface area contributed by atoms with Gasteiger partial charge in [-0.25, -0.2) is 19.3 Å². The summed E-state index contributed by atoms with van der Waals surface area (Å²) in [6, 6.07) is 5.32. The van der Waals surface area contributed by atoms with E-state index < -0.39 is 11.9 Å². The van der Waals surface area contributed by atoms with Crippen LogP contribution in [0.3, 0.4) is 0 Å². The highest BCUT2D eigenvalue weighted by atomic mass is 35.5. The van der Waals surface area contributed by atoms with E-state index >= 15 is 0 Å². The first kappa shape index (κ1) is 20.7. The molecule has 2 saturated heterocycles. The molecule has 3 heterocycles. The number of halogens is 2. The van der Waals surface area contributed by atoms with Crippen LogP contribution >= 0.6 is 11.6 Å². The highest BCUT2D eigenvalue weighted by molar-refractivity contribution is 6.31. The quantitative estimate of drug-likeness (QED) is 0.750. The van der Waals surface area contributed by atoms with Gasteiger partial charge in [0.25, 0.3) is 5.91 Å². The van der Waals surface area contributed by atoms with Gasteiger partial charge in [-0.15, -0.1) is 0 Å². The van der Waals surface area contributed by atoms with Crippen LogP contribution < -0.4 is 15.1 Å². The molecule has 0 bridgehead atoms. The smallest absolute Gasteiger partial charge is 0.251 e. The number of aryl methyl sites for hydroxylation is 2. The number of anilines is 2. The molecule has 9 heteroatoms. The summed E-state index contributed by atoms with van der Waals surface area (Å²) in [5.74, 6) is -0.504. The molecule has 2 fully saturated rings. The average molecular weight is 432 g/mol. The third kappa shape index (κ3) is 4.15. The van der Waals surface area contributed by atoms with Gasteiger partial charge < -0.3 is 10.2 Å². The molecule has 0 saturated carbocycles. The number of nitrogens with one attached hydrogen (secondary N) is 1. The number of amides is 2. The monoisotopic (exact) mass is 431 g/mol. The number of carbonyl (C=O) groups is 2. The van der Waals surface area contributed by atoms with Crippen LogP contribution in [0.2, 0.25) is 5.02 Å². The lowest BCUT2D eigenvalue weighted by atomic mass is 10.0. The van der Waals surface area contributed by atoms with Gasteiger partial charge in [0.15, 0.2) is 0 Å². The van der Waals surface area contributed by atoms with Gasteiger partial charge in [0.2, 0.25) is 11.9 Å². The van der Waals surface area contributed by atoms with Crippen molar-refractivity contribution in [3.63, 3.8) is 0 Å². The number of hydrogen-bond acceptors (Lipinski definition) is 6. The third-order valence-electron chi connectivity index (χ3n) is 5.49. The van der Waals surface area contributed by atoms with Crippen molar-refractivity contribution in [3.8, 4) is 0 Å². The summed E-state index contributed by atoms with van der Waals surface area (Å²) in [5.41, 5.74) is 2.17. The molecule has 0 unspecified atom stereocenters. The Morgan fingerprint density at radius 3 is 2.40 bits per heavy atom. The van der Waals surface area contributed by atoms with Gasteiger partial charge in [0.1, 0.15) is 5.82 Å². The Labute approximate surface area is 179 Å². The van der Waals surface area contributed by atoms with Crippen LogP contribution in [0.25, 0.3) is 0 Å². The van der Waals surface area contributed by atoms with Crippen molar-refractivity contribution in [3.05, 3.63) is 46.5 Å². The molecule has 158 valence electrons. The Morgan fingerprint density at radius 2 is 1.77 bits per heavy atom. The van der Waals surface area contributed by atoms with E-state index in [0.717, 1.165) is 54.2 Å². The zero-order chi connectivity index (χ0) is 21.4. The molecule has 1 N–H and O–H groups in total. The van der Waals surface area contributed by atoms with Crippen molar-refractivity contribution >= 4 is 35.1 Å².